The highest BCUT2D eigenvalue weighted by Gasteiger charge is 2.16. The molecule has 0 saturated heterocycles. The van der Waals surface area contributed by atoms with Crippen LogP contribution < -0.4 is 22.5 Å². The second kappa shape index (κ2) is 12.2. The smallest absolute Gasteiger partial charge is 0.332 e. The van der Waals surface area contributed by atoms with Crippen molar-refractivity contribution in [3.05, 3.63) is 54.3 Å². The minimum atomic E-state index is -0.659. The molecule has 14 heteroatoms. The van der Waals surface area contributed by atoms with Gasteiger partial charge in [0, 0.05) is 41.3 Å². The van der Waals surface area contributed by atoms with E-state index in [1.807, 2.05) is 6.92 Å². The van der Waals surface area contributed by atoms with E-state index in [0.29, 0.717) is 54.6 Å². The van der Waals surface area contributed by atoms with Crippen LogP contribution in [-0.4, -0.2) is 61.3 Å². The highest BCUT2D eigenvalue weighted by molar-refractivity contribution is 5.70. The lowest BCUT2D eigenvalue weighted by atomic mass is 10.1. The maximum absolute atomic E-state index is 12.8. The molecule has 0 aromatic carbocycles. The Morgan fingerprint density at radius 1 is 0.750 bits per heavy atom. The molecule has 0 saturated carbocycles. The molecule has 0 spiro atoms. The van der Waals surface area contributed by atoms with Gasteiger partial charge in [0.2, 0.25) is 0 Å². The summed E-state index contributed by atoms with van der Waals surface area (Å²) in [4.78, 5) is 59.0. The van der Waals surface area contributed by atoms with E-state index < -0.39 is 11.8 Å². The number of imidazole rings is 2. The summed E-state index contributed by atoms with van der Waals surface area (Å²) in [7, 11) is 6.65. The molecule has 14 nitrogen and oxygen atoms in total. The summed E-state index contributed by atoms with van der Waals surface area (Å²) in [5.74, 6) is 0. The normalized spacial score (nSPS) is 13.4. The lowest BCUT2D eigenvalue weighted by Crippen LogP contribution is -2.39. The van der Waals surface area contributed by atoms with Gasteiger partial charge in [-0.3, -0.25) is 27.9 Å². The Labute approximate surface area is 229 Å². The fourth-order valence-corrected chi connectivity index (χ4v) is 4.98. The molecule has 4 rings (SSSR count). The summed E-state index contributed by atoms with van der Waals surface area (Å²) in [5, 5.41) is 10.3. The van der Waals surface area contributed by atoms with Crippen molar-refractivity contribution in [1.29, 1.82) is 0 Å². The van der Waals surface area contributed by atoms with Gasteiger partial charge in [0.15, 0.2) is 22.3 Å². The first-order valence-electron chi connectivity index (χ1n) is 13.5. The largest absolute Gasteiger partial charge is 0.391 e. The zero-order chi connectivity index (χ0) is 29.1. The van der Waals surface area contributed by atoms with Gasteiger partial charge in [0.1, 0.15) is 0 Å². The van der Waals surface area contributed by atoms with Gasteiger partial charge in [-0.05, 0) is 45.4 Å². The molecule has 0 aliphatic heterocycles. The second-order valence-corrected chi connectivity index (χ2v) is 10.4. The molecule has 4 heterocycles. The number of aryl methyl sites for hydroxylation is 4. The quantitative estimate of drug-likeness (QED) is 0.225. The minimum absolute atomic E-state index is 0.0963. The fraction of sp³-hybridized carbons (Fsp3) is 0.615. The molecular weight excluding hydrogens is 520 g/mol. The van der Waals surface area contributed by atoms with Crippen molar-refractivity contribution >= 4 is 22.3 Å². The number of hydrogen-bond donors (Lipinski definition) is 1. The molecule has 2 unspecified atom stereocenters. The number of rotatable bonds is 13. The van der Waals surface area contributed by atoms with Gasteiger partial charge >= 0.3 is 11.4 Å². The SMILES string of the molecule is CC(CCCCn1c(=O)c2c(ncn2C)n(C)c1=O)OCC(O)CCCCn1c(=O)c2c(ncn2C)n(C)c1=O. The molecule has 218 valence electrons. The lowest BCUT2D eigenvalue weighted by molar-refractivity contribution is -0.00922. The van der Waals surface area contributed by atoms with Crippen LogP contribution in [0.2, 0.25) is 0 Å². The van der Waals surface area contributed by atoms with Crippen molar-refractivity contribution in [2.45, 2.75) is 70.7 Å². The van der Waals surface area contributed by atoms with E-state index in [1.165, 1.54) is 30.9 Å². The van der Waals surface area contributed by atoms with Crippen LogP contribution in [-0.2, 0) is 46.0 Å². The molecule has 1 N–H and O–H groups in total. The van der Waals surface area contributed by atoms with Crippen molar-refractivity contribution in [3.63, 3.8) is 0 Å². The average Bonchev–Trinajstić information content (AvgIpc) is 3.51. The van der Waals surface area contributed by atoms with Crippen LogP contribution in [0.5, 0.6) is 0 Å². The third-order valence-electron chi connectivity index (χ3n) is 7.39. The standard InChI is InChI=1S/C26H38N8O6/c1-17(10-6-8-12-33-23(36)19-21(27-15-29(19)2)31(4)25(33)38)40-14-18(35)11-7-9-13-34-24(37)20-22(28-16-30(20)3)32(5)26(34)39/h15-18,35H,6-14H2,1-5H3. The third-order valence-corrected chi connectivity index (χ3v) is 7.39. The maximum Gasteiger partial charge on any atom is 0.332 e. The van der Waals surface area contributed by atoms with Crippen LogP contribution in [0, 0.1) is 0 Å². The molecule has 0 fully saturated rings. The van der Waals surface area contributed by atoms with Crippen LogP contribution in [0.25, 0.3) is 22.3 Å². The molecule has 40 heavy (non-hydrogen) atoms. The van der Waals surface area contributed by atoms with E-state index in [-0.39, 0.29) is 36.1 Å². The maximum atomic E-state index is 12.8. The molecule has 0 bridgehead atoms. The Balaban J connectivity index is 1.18. The monoisotopic (exact) mass is 558 g/mol. The van der Waals surface area contributed by atoms with Crippen molar-refractivity contribution in [1.82, 2.24) is 37.4 Å². The number of fused-ring (bicyclic) bond motifs is 2. The van der Waals surface area contributed by atoms with Gasteiger partial charge in [0.05, 0.1) is 31.5 Å². The van der Waals surface area contributed by atoms with E-state index in [1.54, 1.807) is 37.3 Å². The van der Waals surface area contributed by atoms with Crippen LogP contribution >= 0.6 is 0 Å². The highest BCUT2D eigenvalue weighted by Crippen LogP contribution is 2.10. The van der Waals surface area contributed by atoms with Gasteiger partial charge in [-0.2, -0.15) is 0 Å². The Kier molecular flexibility index (Phi) is 8.88. The number of ether oxygens (including phenoxy) is 1. The van der Waals surface area contributed by atoms with Gasteiger partial charge in [-0.25, -0.2) is 19.6 Å². The highest BCUT2D eigenvalue weighted by atomic mass is 16.5. The van der Waals surface area contributed by atoms with Crippen LogP contribution in [0.15, 0.2) is 31.8 Å². The Bertz CT molecular complexity index is 1610. The average molecular weight is 559 g/mol. The number of aliphatic hydroxyl groups is 1. The number of unbranched alkanes of at least 4 members (excludes halogenated alkanes) is 2. The zero-order valence-corrected chi connectivity index (χ0v) is 23.7. The molecule has 4 aromatic heterocycles. The predicted octanol–water partition coefficient (Wildman–Crippen LogP) is -0.0124. The van der Waals surface area contributed by atoms with Crippen molar-refractivity contribution in [2.24, 2.45) is 28.2 Å². The molecule has 0 radical (unpaired) electrons. The molecule has 0 aliphatic carbocycles. The van der Waals surface area contributed by atoms with Crippen LogP contribution in [0.1, 0.15) is 45.4 Å². The van der Waals surface area contributed by atoms with Gasteiger partial charge < -0.3 is 19.0 Å². The third kappa shape index (κ3) is 5.72. The summed E-state index contributed by atoms with van der Waals surface area (Å²) in [6.07, 6.45) is 6.07. The second-order valence-electron chi connectivity index (χ2n) is 10.4. The lowest BCUT2D eigenvalue weighted by Gasteiger charge is -2.17. The summed E-state index contributed by atoms with van der Waals surface area (Å²) >= 11 is 0. The summed E-state index contributed by atoms with van der Waals surface area (Å²) in [6, 6.07) is 0. The van der Waals surface area contributed by atoms with E-state index in [4.69, 9.17) is 4.74 Å². The minimum Gasteiger partial charge on any atom is -0.391 e. The topological polar surface area (TPSA) is 153 Å². The van der Waals surface area contributed by atoms with Crippen molar-refractivity contribution < 1.29 is 9.84 Å². The number of nitrogens with zero attached hydrogens (tertiary/aromatic N) is 8. The Hall–Kier alpha value is -3.78. The van der Waals surface area contributed by atoms with Gasteiger partial charge in [-0.1, -0.05) is 0 Å². The predicted molar refractivity (Wildman–Crippen MR) is 150 cm³/mol. The summed E-state index contributed by atoms with van der Waals surface area (Å²) in [5.41, 5.74) is 0.0266. The van der Waals surface area contributed by atoms with Crippen molar-refractivity contribution in [2.75, 3.05) is 6.61 Å². The molecule has 2 atom stereocenters. The van der Waals surface area contributed by atoms with Crippen LogP contribution in [0.4, 0.5) is 0 Å². The zero-order valence-electron chi connectivity index (χ0n) is 23.7. The number of aromatic nitrogens is 8. The fourth-order valence-electron chi connectivity index (χ4n) is 4.98. The van der Waals surface area contributed by atoms with E-state index >= 15 is 0 Å². The van der Waals surface area contributed by atoms with E-state index in [9.17, 15) is 24.3 Å². The first kappa shape index (κ1) is 29.2. The molecular formula is C26H38N8O6. The Morgan fingerprint density at radius 3 is 1.68 bits per heavy atom. The molecule has 0 amide bonds. The van der Waals surface area contributed by atoms with Gasteiger partial charge in [0.25, 0.3) is 11.1 Å². The summed E-state index contributed by atoms with van der Waals surface area (Å²) in [6.45, 7) is 2.68. The molecule has 4 aromatic rings. The first-order chi connectivity index (χ1) is 19.0. The molecule has 0 aliphatic rings. The van der Waals surface area contributed by atoms with E-state index in [2.05, 4.69) is 9.97 Å². The number of hydrogen-bond acceptors (Lipinski definition) is 8. The first-order valence-corrected chi connectivity index (χ1v) is 13.5. The van der Waals surface area contributed by atoms with E-state index in [0.717, 1.165) is 12.8 Å². The summed E-state index contributed by atoms with van der Waals surface area (Å²) < 4.78 is 14.3. The van der Waals surface area contributed by atoms with Crippen molar-refractivity contribution in [3.8, 4) is 0 Å². The van der Waals surface area contributed by atoms with Gasteiger partial charge in [-0.15, -0.1) is 0 Å². The Morgan fingerprint density at radius 2 is 1.20 bits per heavy atom. The number of aliphatic hydroxyl groups excluding tert-OH is 1. The van der Waals surface area contributed by atoms with Crippen LogP contribution in [0.3, 0.4) is 0 Å².